The number of hydrogen-bond donors (Lipinski definition) is 1. The van der Waals surface area contributed by atoms with E-state index in [4.69, 9.17) is 5.73 Å². The van der Waals surface area contributed by atoms with Gasteiger partial charge in [0.25, 0.3) is 0 Å². The molecule has 2 N–H and O–H groups in total. The molecule has 0 bridgehead atoms. The van der Waals surface area contributed by atoms with Crippen LogP contribution in [0.4, 0.5) is 0 Å². The summed E-state index contributed by atoms with van der Waals surface area (Å²) in [6.45, 7) is 10.5. The summed E-state index contributed by atoms with van der Waals surface area (Å²) in [5.41, 5.74) is 7.24. The number of carbonyl (C=O) groups excluding carboxylic acids is 1. The zero-order chi connectivity index (χ0) is 15.8. The first-order chi connectivity index (χ1) is 9.73. The van der Waals surface area contributed by atoms with Gasteiger partial charge < -0.3 is 15.2 Å². The van der Waals surface area contributed by atoms with Crippen molar-refractivity contribution < 1.29 is 4.79 Å². The lowest BCUT2D eigenvalue weighted by Gasteiger charge is -2.43. The van der Waals surface area contributed by atoms with E-state index in [0.29, 0.717) is 12.5 Å². The maximum Gasteiger partial charge on any atom is 0.223 e. The second-order valence-corrected chi connectivity index (χ2v) is 7.26. The highest BCUT2D eigenvalue weighted by Gasteiger charge is 2.40. The van der Waals surface area contributed by atoms with Crippen molar-refractivity contribution in [1.82, 2.24) is 14.5 Å². The fourth-order valence-corrected chi connectivity index (χ4v) is 3.23. The minimum atomic E-state index is -0.254. The van der Waals surface area contributed by atoms with Gasteiger partial charge in [-0.15, -0.1) is 0 Å². The summed E-state index contributed by atoms with van der Waals surface area (Å²) in [4.78, 5) is 18.9. The quantitative estimate of drug-likeness (QED) is 0.911. The fourth-order valence-electron chi connectivity index (χ4n) is 3.23. The number of aromatic nitrogens is 2. The van der Waals surface area contributed by atoms with E-state index >= 15 is 0 Å². The summed E-state index contributed by atoms with van der Waals surface area (Å²) in [5, 5.41) is 0. The summed E-state index contributed by atoms with van der Waals surface area (Å²) in [7, 11) is 0. The van der Waals surface area contributed by atoms with Gasteiger partial charge in [-0.2, -0.15) is 0 Å². The normalized spacial score (nSPS) is 24.5. The number of likely N-dealkylation sites (tertiary alicyclic amines) is 1. The average molecular weight is 292 g/mol. The topological polar surface area (TPSA) is 64.2 Å². The third-order valence-corrected chi connectivity index (χ3v) is 4.16. The zero-order valence-electron chi connectivity index (χ0n) is 13.8. The number of nitrogens with two attached hydrogens (primary N) is 1. The van der Waals surface area contributed by atoms with Crippen LogP contribution in [-0.4, -0.2) is 31.9 Å². The van der Waals surface area contributed by atoms with Crippen LogP contribution in [0, 0.1) is 0 Å². The van der Waals surface area contributed by atoms with E-state index in [2.05, 4.69) is 44.2 Å². The van der Waals surface area contributed by atoms with E-state index in [1.165, 1.54) is 0 Å². The lowest BCUT2D eigenvalue weighted by molar-refractivity contribution is -0.139. The van der Waals surface area contributed by atoms with Gasteiger partial charge in [0.2, 0.25) is 5.91 Å². The van der Waals surface area contributed by atoms with Gasteiger partial charge in [-0.05, 0) is 47.5 Å². The molecule has 1 aliphatic heterocycles. The SMILES string of the molecule is CC(C)n1cncc1C1C(N)CCCC(=O)N1C(C)(C)C. The summed E-state index contributed by atoms with van der Waals surface area (Å²) in [6.07, 6.45) is 6.01. The van der Waals surface area contributed by atoms with E-state index in [-0.39, 0.29) is 23.5 Å². The van der Waals surface area contributed by atoms with E-state index in [0.717, 1.165) is 18.5 Å². The molecule has 2 unspecified atom stereocenters. The lowest BCUT2D eigenvalue weighted by Crippen LogP contribution is -2.52. The summed E-state index contributed by atoms with van der Waals surface area (Å²) in [5.74, 6) is 0.192. The zero-order valence-corrected chi connectivity index (χ0v) is 13.8. The Morgan fingerprint density at radius 2 is 2.05 bits per heavy atom. The Morgan fingerprint density at radius 1 is 1.38 bits per heavy atom. The van der Waals surface area contributed by atoms with Crippen molar-refractivity contribution in [2.75, 3.05) is 0 Å². The molecule has 1 aromatic heterocycles. The molecule has 1 aliphatic rings. The van der Waals surface area contributed by atoms with Gasteiger partial charge in [0.15, 0.2) is 0 Å². The van der Waals surface area contributed by atoms with Gasteiger partial charge in [-0.25, -0.2) is 4.98 Å². The predicted molar refractivity (Wildman–Crippen MR) is 83.8 cm³/mol. The Bertz CT molecular complexity index is 501. The van der Waals surface area contributed by atoms with Gasteiger partial charge in [0.1, 0.15) is 0 Å². The minimum absolute atomic E-state index is 0.0510. The molecular formula is C16H28N4O. The molecule has 2 atom stereocenters. The number of hydrogen-bond acceptors (Lipinski definition) is 3. The fraction of sp³-hybridized carbons (Fsp3) is 0.750. The minimum Gasteiger partial charge on any atom is -0.330 e. The first-order valence-corrected chi connectivity index (χ1v) is 7.83. The van der Waals surface area contributed by atoms with Crippen LogP contribution in [0.15, 0.2) is 12.5 Å². The maximum absolute atomic E-state index is 12.6. The van der Waals surface area contributed by atoms with E-state index < -0.39 is 0 Å². The van der Waals surface area contributed by atoms with Gasteiger partial charge in [-0.1, -0.05) is 0 Å². The van der Waals surface area contributed by atoms with Crippen LogP contribution in [0.25, 0.3) is 0 Å². The van der Waals surface area contributed by atoms with Crippen molar-refractivity contribution in [3.05, 3.63) is 18.2 Å². The summed E-state index contributed by atoms with van der Waals surface area (Å²) in [6, 6.07) is 0.143. The number of imidazole rings is 1. The summed E-state index contributed by atoms with van der Waals surface area (Å²) >= 11 is 0. The van der Waals surface area contributed by atoms with Gasteiger partial charge >= 0.3 is 0 Å². The highest BCUT2D eigenvalue weighted by molar-refractivity contribution is 5.78. The third kappa shape index (κ3) is 3.12. The smallest absolute Gasteiger partial charge is 0.223 e. The highest BCUT2D eigenvalue weighted by Crippen LogP contribution is 2.36. The molecule has 0 aliphatic carbocycles. The predicted octanol–water partition coefficient (Wildman–Crippen LogP) is 2.64. The lowest BCUT2D eigenvalue weighted by atomic mass is 9.95. The molecule has 0 saturated carbocycles. The van der Waals surface area contributed by atoms with Crippen molar-refractivity contribution in [3.63, 3.8) is 0 Å². The Morgan fingerprint density at radius 3 is 2.62 bits per heavy atom. The highest BCUT2D eigenvalue weighted by atomic mass is 16.2. The molecule has 21 heavy (non-hydrogen) atoms. The number of nitrogens with zero attached hydrogens (tertiary/aromatic N) is 3. The largest absolute Gasteiger partial charge is 0.330 e. The molecule has 1 amide bonds. The molecule has 118 valence electrons. The molecule has 5 nitrogen and oxygen atoms in total. The molecule has 0 radical (unpaired) electrons. The standard InChI is InChI=1S/C16H28N4O/c1-11(2)19-10-18-9-13(19)15-12(17)7-6-8-14(21)20(15)16(3,4)5/h9-12,15H,6-8,17H2,1-5H3. The van der Waals surface area contributed by atoms with E-state index in [1.54, 1.807) is 0 Å². The van der Waals surface area contributed by atoms with Crippen LogP contribution < -0.4 is 5.73 Å². The second kappa shape index (κ2) is 5.79. The van der Waals surface area contributed by atoms with Crippen molar-refractivity contribution in [3.8, 4) is 0 Å². The van der Waals surface area contributed by atoms with Crippen LogP contribution in [0.5, 0.6) is 0 Å². The van der Waals surface area contributed by atoms with Gasteiger partial charge in [-0.3, -0.25) is 4.79 Å². The third-order valence-electron chi connectivity index (χ3n) is 4.16. The molecule has 2 heterocycles. The van der Waals surface area contributed by atoms with Crippen LogP contribution >= 0.6 is 0 Å². The Kier molecular flexibility index (Phi) is 4.42. The maximum atomic E-state index is 12.6. The van der Waals surface area contributed by atoms with Gasteiger partial charge in [0.05, 0.1) is 24.3 Å². The second-order valence-electron chi connectivity index (χ2n) is 7.26. The number of amides is 1. The van der Waals surface area contributed by atoms with E-state index in [9.17, 15) is 4.79 Å². The van der Waals surface area contributed by atoms with Crippen molar-refractivity contribution in [1.29, 1.82) is 0 Å². The van der Waals surface area contributed by atoms with Crippen LogP contribution in [-0.2, 0) is 4.79 Å². The van der Waals surface area contributed by atoms with Gasteiger partial charge in [0, 0.05) is 24.0 Å². The van der Waals surface area contributed by atoms with Crippen molar-refractivity contribution >= 4 is 5.91 Å². The molecule has 1 fully saturated rings. The Balaban J connectivity index is 2.52. The van der Waals surface area contributed by atoms with Crippen molar-refractivity contribution in [2.24, 2.45) is 5.73 Å². The average Bonchev–Trinajstić information content (AvgIpc) is 2.76. The Labute approximate surface area is 127 Å². The summed E-state index contributed by atoms with van der Waals surface area (Å²) < 4.78 is 2.13. The number of carbonyl (C=O) groups is 1. The molecule has 2 rings (SSSR count). The van der Waals surface area contributed by atoms with Crippen LogP contribution in [0.1, 0.15) is 71.7 Å². The molecule has 0 spiro atoms. The number of rotatable bonds is 2. The first-order valence-electron chi connectivity index (χ1n) is 7.83. The molecule has 1 saturated heterocycles. The van der Waals surface area contributed by atoms with Crippen LogP contribution in [0.2, 0.25) is 0 Å². The van der Waals surface area contributed by atoms with Crippen LogP contribution in [0.3, 0.4) is 0 Å². The molecule has 5 heteroatoms. The molecule has 0 aromatic carbocycles. The monoisotopic (exact) mass is 292 g/mol. The first kappa shape index (κ1) is 16.0. The van der Waals surface area contributed by atoms with Crippen molar-refractivity contribution in [2.45, 2.75) is 77.5 Å². The Hall–Kier alpha value is -1.36. The molecular weight excluding hydrogens is 264 g/mol. The van der Waals surface area contributed by atoms with E-state index in [1.807, 2.05) is 17.4 Å². The molecule has 1 aromatic rings.